The fourth-order valence-electron chi connectivity index (χ4n) is 5.53. The molecule has 36 heavy (non-hydrogen) atoms. The van der Waals surface area contributed by atoms with Crippen LogP contribution in [0.3, 0.4) is 0 Å². The number of carbonyl (C=O) groups is 3. The molecule has 1 atom stereocenters. The molecule has 3 aromatic rings. The lowest BCUT2D eigenvalue weighted by Gasteiger charge is -2.24. The van der Waals surface area contributed by atoms with Crippen LogP contribution in [0.15, 0.2) is 54.7 Å². The Bertz CT molecular complexity index is 1260. The summed E-state index contributed by atoms with van der Waals surface area (Å²) in [6, 6.07) is 15.4. The summed E-state index contributed by atoms with van der Waals surface area (Å²) >= 11 is 0. The van der Waals surface area contributed by atoms with Crippen LogP contribution in [0.5, 0.6) is 5.75 Å². The van der Waals surface area contributed by atoms with E-state index in [-0.39, 0.29) is 24.3 Å². The smallest absolute Gasteiger partial charge is 0.325 e. The Balaban J connectivity index is 1.32. The molecule has 2 aromatic carbocycles. The van der Waals surface area contributed by atoms with E-state index in [1.165, 1.54) is 0 Å². The average molecular weight is 489 g/mol. The second kappa shape index (κ2) is 10.0. The molecule has 2 fully saturated rings. The number of urea groups is 1. The molecule has 1 spiro atoms. The lowest BCUT2D eigenvalue weighted by Crippen LogP contribution is -2.47. The number of hydrogen-bond acceptors (Lipinski definition) is 4. The first-order valence-corrected chi connectivity index (χ1v) is 12.6. The Kier molecular flexibility index (Phi) is 6.67. The lowest BCUT2D eigenvalue weighted by molar-refractivity contribution is -0.135. The number of rotatable bonds is 7. The Labute approximate surface area is 210 Å². The Morgan fingerprint density at radius 2 is 1.78 bits per heavy atom. The molecule has 5 rings (SSSR count). The molecular formula is C28H32N4O4. The molecule has 2 aliphatic rings. The van der Waals surface area contributed by atoms with Crippen LogP contribution in [0.4, 0.5) is 4.79 Å². The number of H-pyrrole nitrogens is 1. The predicted octanol–water partition coefficient (Wildman–Crippen LogP) is 4.07. The number of benzene rings is 2. The van der Waals surface area contributed by atoms with Crippen molar-refractivity contribution in [1.82, 2.24) is 20.5 Å². The van der Waals surface area contributed by atoms with E-state index < -0.39 is 11.6 Å². The summed E-state index contributed by atoms with van der Waals surface area (Å²) in [6.45, 7) is 0.0391. The van der Waals surface area contributed by atoms with Crippen LogP contribution in [-0.2, 0) is 9.59 Å². The summed E-state index contributed by atoms with van der Waals surface area (Å²) in [4.78, 5) is 43.2. The van der Waals surface area contributed by atoms with Crippen LogP contribution in [0.1, 0.15) is 55.6 Å². The molecule has 188 valence electrons. The van der Waals surface area contributed by atoms with Crippen LogP contribution < -0.4 is 15.4 Å². The molecule has 1 aliphatic heterocycles. The number of para-hydroxylation sites is 1. The fourth-order valence-corrected chi connectivity index (χ4v) is 5.53. The van der Waals surface area contributed by atoms with Gasteiger partial charge in [0.2, 0.25) is 5.91 Å². The van der Waals surface area contributed by atoms with E-state index in [0.717, 1.165) is 58.4 Å². The van der Waals surface area contributed by atoms with Crippen molar-refractivity contribution in [2.24, 2.45) is 0 Å². The van der Waals surface area contributed by atoms with Gasteiger partial charge in [-0.2, -0.15) is 0 Å². The van der Waals surface area contributed by atoms with Crippen molar-refractivity contribution in [3.63, 3.8) is 0 Å². The largest absolute Gasteiger partial charge is 0.497 e. The second-order valence-corrected chi connectivity index (χ2v) is 9.74. The summed E-state index contributed by atoms with van der Waals surface area (Å²) in [6.07, 6.45) is 7.17. The number of fused-ring (bicyclic) bond motifs is 1. The summed E-state index contributed by atoms with van der Waals surface area (Å²) in [5.41, 5.74) is 2.26. The topological polar surface area (TPSA) is 104 Å². The van der Waals surface area contributed by atoms with Gasteiger partial charge < -0.3 is 20.4 Å². The monoisotopic (exact) mass is 488 g/mol. The van der Waals surface area contributed by atoms with Crippen LogP contribution in [0.25, 0.3) is 10.9 Å². The van der Waals surface area contributed by atoms with Crippen molar-refractivity contribution in [2.75, 3.05) is 20.2 Å². The minimum absolute atomic E-state index is 0.132. The maximum Gasteiger partial charge on any atom is 0.325 e. The van der Waals surface area contributed by atoms with E-state index in [2.05, 4.69) is 21.7 Å². The molecule has 1 unspecified atom stereocenters. The van der Waals surface area contributed by atoms with E-state index in [0.29, 0.717) is 19.4 Å². The highest BCUT2D eigenvalue weighted by Crippen LogP contribution is 2.33. The zero-order valence-electron chi connectivity index (χ0n) is 20.5. The second-order valence-electron chi connectivity index (χ2n) is 9.74. The molecule has 4 amide bonds. The van der Waals surface area contributed by atoms with Gasteiger partial charge in [-0.25, -0.2) is 4.79 Å². The van der Waals surface area contributed by atoms with Crippen molar-refractivity contribution in [3.05, 3.63) is 65.9 Å². The van der Waals surface area contributed by atoms with Gasteiger partial charge >= 0.3 is 6.03 Å². The number of carbonyl (C=O) groups excluding carboxylic acids is 3. The number of aromatic nitrogens is 1. The van der Waals surface area contributed by atoms with Crippen molar-refractivity contribution >= 4 is 28.7 Å². The molecule has 2 heterocycles. The van der Waals surface area contributed by atoms with Gasteiger partial charge in [-0.15, -0.1) is 0 Å². The number of hydrogen-bond donors (Lipinski definition) is 3. The number of methoxy groups -OCH3 is 1. The summed E-state index contributed by atoms with van der Waals surface area (Å²) in [5, 5.41) is 6.96. The third-order valence-corrected chi connectivity index (χ3v) is 7.52. The Hall–Kier alpha value is -3.81. The highest BCUT2D eigenvalue weighted by molar-refractivity contribution is 6.09. The summed E-state index contributed by atoms with van der Waals surface area (Å²) in [5.74, 6) is -0.00539. The summed E-state index contributed by atoms with van der Waals surface area (Å²) < 4.78 is 5.31. The van der Waals surface area contributed by atoms with E-state index in [1.807, 2.05) is 48.7 Å². The third kappa shape index (κ3) is 4.55. The maximum absolute atomic E-state index is 13.2. The third-order valence-electron chi connectivity index (χ3n) is 7.52. The van der Waals surface area contributed by atoms with Crippen LogP contribution in [-0.4, -0.2) is 53.5 Å². The fraction of sp³-hybridized carbons (Fsp3) is 0.393. The van der Waals surface area contributed by atoms with Crippen LogP contribution in [0.2, 0.25) is 0 Å². The first-order chi connectivity index (χ1) is 17.5. The zero-order chi connectivity index (χ0) is 25.1. The van der Waals surface area contributed by atoms with Gasteiger partial charge in [0.25, 0.3) is 5.91 Å². The summed E-state index contributed by atoms with van der Waals surface area (Å²) in [7, 11) is 1.63. The van der Waals surface area contributed by atoms with Gasteiger partial charge in [0.05, 0.1) is 7.11 Å². The SMILES string of the molecule is COc1ccc(C(CNC(=O)CN2C(=O)NC3(CCCCCC3)C2=O)c2c[nH]c3ccccc23)cc1. The Morgan fingerprint density at radius 3 is 2.50 bits per heavy atom. The first kappa shape index (κ1) is 23.9. The zero-order valence-corrected chi connectivity index (χ0v) is 20.5. The lowest BCUT2D eigenvalue weighted by atomic mass is 9.90. The molecule has 1 saturated heterocycles. The van der Waals surface area contributed by atoms with Gasteiger partial charge in [0.1, 0.15) is 17.8 Å². The molecule has 1 aliphatic carbocycles. The standard InChI is InChI=1S/C28H32N4O4/c1-36-20-12-10-19(11-13-20)22(23-17-29-24-9-5-4-8-21(23)24)16-30-25(33)18-32-26(34)28(31-27(32)35)14-6-2-3-7-15-28/h4-5,8-13,17,22,29H,2-3,6-7,14-16,18H2,1H3,(H,30,33)(H,31,35). The van der Waals surface area contributed by atoms with E-state index in [9.17, 15) is 14.4 Å². The molecule has 0 radical (unpaired) electrons. The van der Waals surface area contributed by atoms with Crippen LogP contribution in [0, 0.1) is 0 Å². The molecular weight excluding hydrogens is 456 g/mol. The number of nitrogens with one attached hydrogen (secondary N) is 3. The molecule has 1 saturated carbocycles. The number of aromatic amines is 1. The normalized spacial score (nSPS) is 18.2. The quantitative estimate of drug-likeness (QED) is 0.436. The van der Waals surface area contributed by atoms with Gasteiger partial charge in [0, 0.05) is 29.6 Å². The van der Waals surface area contributed by atoms with Crippen molar-refractivity contribution in [2.45, 2.75) is 50.0 Å². The maximum atomic E-state index is 13.2. The molecule has 8 nitrogen and oxygen atoms in total. The van der Waals surface area contributed by atoms with E-state index in [1.54, 1.807) is 7.11 Å². The van der Waals surface area contributed by atoms with E-state index >= 15 is 0 Å². The van der Waals surface area contributed by atoms with Gasteiger partial charge in [-0.3, -0.25) is 14.5 Å². The number of amides is 4. The van der Waals surface area contributed by atoms with Gasteiger partial charge in [-0.05, 0) is 42.2 Å². The predicted molar refractivity (Wildman–Crippen MR) is 137 cm³/mol. The number of imide groups is 1. The minimum atomic E-state index is -0.844. The van der Waals surface area contributed by atoms with Crippen molar-refractivity contribution in [3.8, 4) is 5.75 Å². The van der Waals surface area contributed by atoms with Gasteiger partial charge in [-0.1, -0.05) is 56.0 Å². The highest BCUT2D eigenvalue weighted by Gasteiger charge is 2.51. The highest BCUT2D eigenvalue weighted by atomic mass is 16.5. The van der Waals surface area contributed by atoms with Gasteiger partial charge in [0.15, 0.2) is 0 Å². The minimum Gasteiger partial charge on any atom is -0.497 e. The molecule has 1 aromatic heterocycles. The molecule has 8 heteroatoms. The van der Waals surface area contributed by atoms with Crippen molar-refractivity contribution < 1.29 is 19.1 Å². The van der Waals surface area contributed by atoms with E-state index in [4.69, 9.17) is 4.74 Å². The van der Waals surface area contributed by atoms with Crippen LogP contribution >= 0.6 is 0 Å². The first-order valence-electron chi connectivity index (χ1n) is 12.6. The molecule has 0 bridgehead atoms. The molecule has 3 N–H and O–H groups in total. The number of ether oxygens (including phenoxy) is 1. The Morgan fingerprint density at radius 1 is 1.06 bits per heavy atom. The average Bonchev–Trinajstić information content (AvgIpc) is 3.30. The van der Waals surface area contributed by atoms with Crippen molar-refractivity contribution in [1.29, 1.82) is 0 Å². The number of nitrogens with zero attached hydrogens (tertiary/aromatic N) is 1.